The molecule has 0 spiro atoms. The van der Waals surface area contributed by atoms with Crippen molar-refractivity contribution in [3.8, 4) is 0 Å². The summed E-state index contributed by atoms with van der Waals surface area (Å²) in [5.41, 5.74) is 2.08. The summed E-state index contributed by atoms with van der Waals surface area (Å²) >= 11 is 0. The summed E-state index contributed by atoms with van der Waals surface area (Å²) in [6, 6.07) is 8.03. The number of amides is 1. The highest BCUT2D eigenvalue weighted by atomic mass is 16.2. The predicted octanol–water partition coefficient (Wildman–Crippen LogP) is 2.08. The highest BCUT2D eigenvalue weighted by molar-refractivity contribution is 6.37. The summed E-state index contributed by atoms with van der Waals surface area (Å²) < 4.78 is 0. The molecule has 3 heteroatoms. The topological polar surface area (TPSA) is 20.3 Å². The largest absolute Gasteiger partial charge is 0.347 e. The molecule has 0 saturated carbocycles. The highest BCUT2D eigenvalue weighted by Crippen LogP contribution is 2.17. The van der Waals surface area contributed by atoms with Crippen LogP contribution in [0, 0.1) is 0 Å². The smallest absolute Gasteiger partial charge is 0.253 e. The maximum absolute atomic E-state index is 12.1. The van der Waals surface area contributed by atoms with Gasteiger partial charge in [0.1, 0.15) is 7.28 Å². The lowest BCUT2D eigenvalue weighted by atomic mass is 9.79. The third-order valence-corrected chi connectivity index (χ3v) is 3.19. The van der Waals surface area contributed by atoms with Crippen LogP contribution in [0.3, 0.4) is 0 Å². The molecule has 1 aromatic carbocycles. The van der Waals surface area contributed by atoms with Gasteiger partial charge in [-0.25, -0.2) is 0 Å². The molecule has 1 aliphatic rings. The Balaban J connectivity index is 2.19. The first kappa shape index (κ1) is 11.2. The first-order valence-corrected chi connectivity index (χ1v) is 6.07. The fourth-order valence-electron chi connectivity index (χ4n) is 2.13. The van der Waals surface area contributed by atoms with Crippen molar-refractivity contribution < 1.29 is 4.79 Å². The number of benzene rings is 1. The Morgan fingerprint density at radius 1 is 1.44 bits per heavy atom. The maximum atomic E-state index is 12.1. The average Bonchev–Trinajstić information content (AvgIpc) is 2.81. The normalized spacial score (nSPS) is 15.3. The molecule has 1 fully saturated rings. The van der Waals surface area contributed by atoms with Crippen LogP contribution in [0.4, 0.5) is 0 Å². The molecule has 0 bridgehead atoms. The second kappa shape index (κ2) is 4.73. The van der Waals surface area contributed by atoms with Gasteiger partial charge in [0.25, 0.3) is 5.91 Å². The minimum absolute atomic E-state index is 0.194. The van der Waals surface area contributed by atoms with E-state index in [0.717, 1.165) is 32.2 Å². The van der Waals surface area contributed by atoms with Crippen LogP contribution >= 0.6 is 0 Å². The molecule has 1 aliphatic heterocycles. The van der Waals surface area contributed by atoms with Crippen LogP contribution in [0.25, 0.3) is 0 Å². The van der Waals surface area contributed by atoms with Gasteiger partial charge >= 0.3 is 0 Å². The van der Waals surface area contributed by atoms with Crippen molar-refractivity contribution in [2.45, 2.75) is 26.1 Å². The van der Waals surface area contributed by atoms with Crippen molar-refractivity contribution >= 4 is 13.2 Å². The van der Waals surface area contributed by atoms with E-state index in [1.807, 2.05) is 23.1 Å². The first-order chi connectivity index (χ1) is 7.68. The van der Waals surface area contributed by atoms with Crippen LogP contribution in [0.15, 0.2) is 24.3 Å². The Labute approximate surface area is 97.9 Å². The molecule has 0 unspecified atom stereocenters. The van der Waals surface area contributed by atoms with E-state index in [1.165, 1.54) is 5.56 Å². The fourth-order valence-corrected chi connectivity index (χ4v) is 2.13. The summed E-state index contributed by atoms with van der Waals surface area (Å²) in [5.74, 6) is 0.673. The fraction of sp³-hybridized carbons (Fsp3) is 0.462. The molecular formula is C13H18BNO. The van der Waals surface area contributed by atoms with Gasteiger partial charge in [-0.2, -0.15) is 0 Å². The van der Waals surface area contributed by atoms with E-state index in [4.69, 9.17) is 0 Å². The van der Waals surface area contributed by atoms with Crippen molar-refractivity contribution in [1.82, 2.24) is 4.90 Å². The maximum Gasteiger partial charge on any atom is 0.253 e. The molecule has 1 saturated heterocycles. The second-order valence-corrected chi connectivity index (χ2v) is 4.78. The van der Waals surface area contributed by atoms with Gasteiger partial charge in [-0.1, -0.05) is 32.3 Å². The van der Waals surface area contributed by atoms with E-state index < -0.39 is 0 Å². The summed E-state index contributed by atoms with van der Waals surface area (Å²) in [5, 5.41) is 0. The third kappa shape index (κ3) is 2.29. The van der Waals surface area contributed by atoms with Crippen LogP contribution in [-0.2, 0) is 0 Å². The van der Waals surface area contributed by atoms with Crippen LogP contribution < -0.4 is 0 Å². The Morgan fingerprint density at radius 3 is 2.88 bits per heavy atom. The first-order valence-electron chi connectivity index (χ1n) is 6.07. The van der Waals surface area contributed by atoms with Crippen molar-refractivity contribution in [2.24, 2.45) is 0 Å². The highest BCUT2D eigenvalue weighted by Gasteiger charge is 2.20. The zero-order chi connectivity index (χ0) is 11.5. The molecule has 0 aliphatic carbocycles. The van der Waals surface area contributed by atoms with Gasteiger partial charge in [0.05, 0.1) is 0 Å². The zero-order valence-corrected chi connectivity index (χ0v) is 10.1. The lowest BCUT2D eigenvalue weighted by Crippen LogP contribution is -2.28. The Kier molecular flexibility index (Phi) is 3.32. The Hall–Kier alpha value is -1.25. The van der Waals surface area contributed by atoms with Crippen molar-refractivity contribution in [3.63, 3.8) is 0 Å². The molecule has 2 nitrogen and oxygen atoms in total. The summed E-state index contributed by atoms with van der Waals surface area (Å²) in [6.07, 6.45) is 2.07. The van der Waals surface area contributed by atoms with Crippen molar-refractivity contribution in [2.75, 3.05) is 13.0 Å². The lowest BCUT2D eigenvalue weighted by molar-refractivity contribution is 0.0801. The molecule has 1 aromatic rings. The van der Waals surface area contributed by atoms with Gasteiger partial charge in [0.15, 0.2) is 0 Å². The number of carbonyl (C=O) groups excluding carboxylic acids is 1. The molecule has 0 atom stereocenters. The minimum Gasteiger partial charge on any atom is -0.347 e. The quantitative estimate of drug-likeness (QED) is 0.691. The van der Waals surface area contributed by atoms with Gasteiger partial charge < -0.3 is 4.90 Å². The number of carbonyl (C=O) groups is 1. The van der Waals surface area contributed by atoms with Crippen molar-refractivity contribution in [1.29, 1.82) is 0 Å². The third-order valence-electron chi connectivity index (χ3n) is 3.19. The monoisotopic (exact) mass is 215 g/mol. The summed E-state index contributed by atoms with van der Waals surface area (Å²) in [4.78, 5) is 14.1. The molecule has 0 aromatic heterocycles. The van der Waals surface area contributed by atoms with E-state index in [-0.39, 0.29) is 5.91 Å². The zero-order valence-electron chi connectivity index (χ0n) is 10.1. The van der Waals surface area contributed by atoms with Gasteiger partial charge in [-0.3, -0.25) is 4.79 Å². The van der Waals surface area contributed by atoms with Gasteiger partial charge in [-0.15, -0.1) is 0 Å². The minimum atomic E-state index is 0.194. The summed E-state index contributed by atoms with van der Waals surface area (Å²) in [6.45, 7) is 5.23. The van der Waals surface area contributed by atoms with Crippen LogP contribution in [0.5, 0.6) is 0 Å². The number of rotatable bonds is 2. The predicted molar refractivity (Wildman–Crippen MR) is 68.4 cm³/mol. The van der Waals surface area contributed by atoms with Gasteiger partial charge in [0.2, 0.25) is 0 Å². The Bertz CT molecular complexity index is 383. The van der Waals surface area contributed by atoms with Crippen molar-refractivity contribution in [3.05, 3.63) is 35.4 Å². The molecule has 1 heterocycles. The van der Waals surface area contributed by atoms with Crippen LogP contribution in [-0.4, -0.2) is 31.1 Å². The van der Waals surface area contributed by atoms with E-state index in [2.05, 4.69) is 19.9 Å². The van der Waals surface area contributed by atoms with Crippen LogP contribution in [0.2, 0.25) is 6.32 Å². The Morgan fingerprint density at radius 2 is 2.25 bits per heavy atom. The van der Waals surface area contributed by atoms with E-state index in [9.17, 15) is 4.79 Å². The van der Waals surface area contributed by atoms with E-state index in [0.29, 0.717) is 5.92 Å². The number of hydrogen-bond donors (Lipinski definition) is 0. The molecule has 0 radical (unpaired) electrons. The molecule has 16 heavy (non-hydrogen) atoms. The lowest BCUT2D eigenvalue weighted by Gasteiger charge is -2.16. The van der Waals surface area contributed by atoms with Gasteiger partial charge in [-0.05, 0) is 30.1 Å². The second-order valence-electron chi connectivity index (χ2n) is 4.78. The molecular weight excluding hydrogens is 197 g/mol. The molecule has 1 amide bonds. The molecule has 0 N–H and O–H groups in total. The SMILES string of the molecule is CC(C)c1cccc(C(=O)N2CBCC2)c1. The molecule has 84 valence electrons. The summed E-state index contributed by atoms with van der Waals surface area (Å²) in [7, 11) is 1.15. The number of hydrogen-bond acceptors (Lipinski definition) is 1. The van der Waals surface area contributed by atoms with E-state index >= 15 is 0 Å². The van der Waals surface area contributed by atoms with Gasteiger partial charge in [0, 0.05) is 12.1 Å². The van der Waals surface area contributed by atoms with Crippen LogP contribution in [0.1, 0.15) is 35.7 Å². The average molecular weight is 215 g/mol. The van der Waals surface area contributed by atoms with E-state index in [1.54, 1.807) is 0 Å². The molecule has 2 rings (SSSR count). The number of nitrogens with zero attached hydrogens (tertiary/aromatic N) is 1. The standard InChI is InChI=1S/C13H18BNO/c1-10(2)11-4-3-5-12(8-11)13(16)15-7-6-14-9-15/h3-5,8,10,14H,6-7,9H2,1-2H3.